The van der Waals surface area contributed by atoms with Crippen LogP contribution in [0.4, 0.5) is 0 Å². The highest BCUT2D eigenvalue weighted by atomic mass is 14.4. The molecule has 1 saturated carbocycles. The van der Waals surface area contributed by atoms with Crippen LogP contribution in [0.3, 0.4) is 0 Å². The minimum Gasteiger partial charge on any atom is -0.198 e. The summed E-state index contributed by atoms with van der Waals surface area (Å²) >= 11 is 0. The van der Waals surface area contributed by atoms with Gasteiger partial charge in [-0.1, -0.05) is 12.2 Å². The molecule has 1 heteroatoms. The summed E-state index contributed by atoms with van der Waals surface area (Å²) in [4.78, 5) is 0. The third kappa shape index (κ3) is 0.894. The van der Waals surface area contributed by atoms with Gasteiger partial charge in [-0.25, -0.2) is 0 Å². The minimum atomic E-state index is 0.339. The summed E-state index contributed by atoms with van der Waals surface area (Å²) in [5.74, 6) is 0.927. The largest absolute Gasteiger partial charge is 0.198 e. The molecule has 0 unspecified atom stereocenters. The maximum atomic E-state index is 8.32. The fourth-order valence-corrected chi connectivity index (χ4v) is 0.823. The molecule has 8 heavy (non-hydrogen) atoms. The number of nitriles is 1. The SMILES string of the molecule is C/C=C/[C@@H]1C[C@@H]1C#N. The van der Waals surface area contributed by atoms with E-state index >= 15 is 0 Å². The molecular weight excluding hydrogens is 98.1 g/mol. The lowest BCUT2D eigenvalue weighted by molar-refractivity contribution is 1.00. The smallest absolute Gasteiger partial charge is 0.0662 e. The lowest BCUT2D eigenvalue weighted by Crippen LogP contribution is -1.68. The fraction of sp³-hybridized carbons (Fsp3) is 0.571. The zero-order chi connectivity index (χ0) is 5.98. The topological polar surface area (TPSA) is 23.8 Å². The third-order valence-corrected chi connectivity index (χ3v) is 1.45. The number of rotatable bonds is 1. The first kappa shape index (κ1) is 5.37. The van der Waals surface area contributed by atoms with Crippen molar-refractivity contribution < 1.29 is 0 Å². The van der Waals surface area contributed by atoms with Crippen LogP contribution in [0.2, 0.25) is 0 Å². The van der Waals surface area contributed by atoms with Crippen molar-refractivity contribution in [2.75, 3.05) is 0 Å². The Morgan fingerprint density at radius 1 is 1.75 bits per heavy atom. The molecular formula is C7H9N. The second-order valence-corrected chi connectivity index (χ2v) is 2.16. The summed E-state index contributed by atoms with van der Waals surface area (Å²) in [6.07, 6.45) is 5.21. The molecule has 0 saturated heterocycles. The molecule has 0 aromatic heterocycles. The van der Waals surface area contributed by atoms with Crippen molar-refractivity contribution >= 4 is 0 Å². The third-order valence-electron chi connectivity index (χ3n) is 1.45. The Bertz CT molecular complexity index is 141. The highest BCUT2D eigenvalue weighted by molar-refractivity contribution is 5.09. The predicted octanol–water partition coefficient (Wildman–Crippen LogP) is 1.72. The predicted molar refractivity (Wildman–Crippen MR) is 32.0 cm³/mol. The van der Waals surface area contributed by atoms with Crippen LogP contribution in [0.15, 0.2) is 12.2 Å². The van der Waals surface area contributed by atoms with Gasteiger partial charge in [-0.05, 0) is 19.3 Å². The Labute approximate surface area is 49.6 Å². The molecule has 1 nitrogen and oxygen atoms in total. The first-order valence-corrected chi connectivity index (χ1v) is 2.91. The zero-order valence-electron chi connectivity index (χ0n) is 4.96. The Morgan fingerprint density at radius 3 is 2.88 bits per heavy atom. The highest BCUT2D eigenvalue weighted by Gasteiger charge is 2.34. The van der Waals surface area contributed by atoms with Gasteiger partial charge in [-0.15, -0.1) is 0 Å². The zero-order valence-corrected chi connectivity index (χ0v) is 4.96. The van der Waals surface area contributed by atoms with Crippen molar-refractivity contribution in [2.24, 2.45) is 11.8 Å². The van der Waals surface area contributed by atoms with Crippen molar-refractivity contribution in [3.05, 3.63) is 12.2 Å². The number of nitrogens with zero attached hydrogens (tertiary/aromatic N) is 1. The van der Waals surface area contributed by atoms with E-state index in [1.54, 1.807) is 0 Å². The van der Waals surface area contributed by atoms with E-state index in [1.807, 2.05) is 13.0 Å². The molecule has 1 aliphatic rings. The molecule has 2 atom stereocenters. The summed E-state index contributed by atoms with van der Waals surface area (Å²) < 4.78 is 0. The van der Waals surface area contributed by atoms with Crippen LogP contribution < -0.4 is 0 Å². The monoisotopic (exact) mass is 107 g/mol. The Kier molecular flexibility index (Phi) is 1.34. The summed E-state index contributed by atoms with van der Waals surface area (Å²) in [5, 5.41) is 8.32. The van der Waals surface area contributed by atoms with E-state index in [0.717, 1.165) is 6.42 Å². The van der Waals surface area contributed by atoms with Crippen LogP contribution in [0.25, 0.3) is 0 Å². The molecule has 1 aliphatic carbocycles. The van der Waals surface area contributed by atoms with E-state index in [4.69, 9.17) is 5.26 Å². The lowest BCUT2D eigenvalue weighted by atomic mass is 10.3. The quantitative estimate of drug-likeness (QED) is 0.468. The van der Waals surface area contributed by atoms with Crippen LogP contribution in [0.1, 0.15) is 13.3 Å². The molecule has 0 bridgehead atoms. The average Bonchev–Trinajstić information content (AvgIpc) is 2.48. The van der Waals surface area contributed by atoms with Gasteiger partial charge in [0, 0.05) is 0 Å². The van der Waals surface area contributed by atoms with Gasteiger partial charge in [0.25, 0.3) is 0 Å². The average molecular weight is 107 g/mol. The molecule has 0 spiro atoms. The van der Waals surface area contributed by atoms with Crippen molar-refractivity contribution in [2.45, 2.75) is 13.3 Å². The van der Waals surface area contributed by atoms with E-state index < -0.39 is 0 Å². The Hall–Kier alpha value is -0.770. The van der Waals surface area contributed by atoms with Crippen LogP contribution in [-0.4, -0.2) is 0 Å². The minimum absolute atomic E-state index is 0.339. The molecule has 0 amide bonds. The van der Waals surface area contributed by atoms with Crippen LogP contribution in [0, 0.1) is 23.2 Å². The maximum Gasteiger partial charge on any atom is 0.0662 e. The molecule has 1 fully saturated rings. The van der Waals surface area contributed by atoms with Gasteiger partial charge in [0.2, 0.25) is 0 Å². The van der Waals surface area contributed by atoms with E-state index in [-0.39, 0.29) is 0 Å². The fourth-order valence-electron chi connectivity index (χ4n) is 0.823. The van der Waals surface area contributed by atoms with E-state index in [1.165, 1.54) is 0 Å². The second-order valence-electron chi connectivity index (χ2n) is 2.16. The summed E-state index contributed by atoms with van der Waals surface area (Å²) in [7, 11) is 0. The maximum absolute atomic E-state index is 8.32. The van der Waals surface area contributed by atoms with Crippen molar-refractivity contribution in [3.63, 3.8) is 0 Å². The Morgan fingerprint density at radius 2 is 2.50 bits per heavy atom. The molecule has 0 radical (unpaired) electrons. The Balaban J connectivity index is 2.29. The molecule has 0 aromatic rings. The van der Waals surface area contributed by atoms with Crippen LogP contribution in [-0.2, 0) is 0 Å². The first-order chi connectivity index (χ1) is 3.88. The van der Waals surface area contributed by atoms with Crippen molar-refractivity contribution in [3.8, 4) is 6.07 Å². The lowest BCUT2D eigenvalue weighted by Gasteiger charge is -1.74. The molecule has 42 valence electrons. The van der Waals surface area contributed by atoms with Gasteiger partial charge in [-0.3, -0.25) is 0 Å². The molecule has 0 aromatic carbocycles. The normalized spacial score (nSPS) is 35.0. The molecule has 1 rings (SSSR count). The number of allylic oxidation sites excluding steroid dienone is 2. The van der Waals surface area contributed by atoms with Crippen LogP contribution >= 0.6 is 0 Å². The van der Waals surface area contributed by atoms with Gasteiger partial charge in [0.1, 0.15) is 0 Å². The van der Waals surface area contributed by atoms with Gasteiger partial charge in [0.05, 0.1) is 12.0 Å². The number of hydrogen-bond donors (Lipinski definition) is 0. The van der Waals surface area contributed by atoms with Crippen LogP contribution in [0.5, 0.6) is 0 Å². The number of hydrogen-bond acceptors (Lipinski definition) is 1. The van der Waals surface area contributed by atoms with E-state index in [9.17, 15) is 0 Å². The van der Waals surface area contributed by atoms with Crippen molar-refractivity contribution in [1.29, 1.82) is 5.26 Å². The van der Waals surface area contributed by atoms with Crippen molar-refractivity contribution in [1.82, 2.24) is 0 Å². The van der Waals surface area contributed by atoms with E-state index in [0.29, 0.717) is 11.8 Å². The van der Waals surface area contributed by atoms with Gasteiger partial charge in [-0.2, -0.15) is 5.26 Å². The first-order valence-electron chi connectivity index (χ1n) is 2.91. The summed E-state index contributed by atoms with van der Waals surface area (Å²) in [6.45, 7) is 1.99. The van der Waals surface area contributed by atoms with Gasteiger partial charge >= 0.3 is 0 Å². The second kappa shape index (κ2) is 2.00. The standard InChI is InChI=1S/C7H9N/c1-2-3-6-4-7(6)5-8/h2-3,6-7H,4H2,1H3/b3-2+/t6-,7-/m1/s1. The summed E-state index contributed by atoms with van der Waals surface area (Å²) in [6, 6.07) is 2.22. The molecule has 0 N–H and O–H groups in total. The van der Waals surface area contributed by atoms with Gasteiger partial charge in [0.15, 0.2) is 0 Å². The summed E-state index contributed by atoms with van der Waals surface area (Å²) in [5.41, 5.74) is 0. The van der Waals surface area contributed by atoms with E-state index in [2.05, 4.69) is 12.1 Å². The highest BCUT2D eigenvalue weighted by Crippen LogP contribution is 2.38. The van der Waals surface area contributed by atoms with Gasteiger partial charge < -0.3 is 0 Å². The molecule has 0 aliphatic heterocycles. The molecule has 0 heterocycles.